The largest absolute Gasteiger partial charge is 0.401 e. The van der Waals surface area contributed by atoms with E-state index in [4.69, 9.17) is 23.1 Å². The Labute approximate surface area is 60.0 Å². The van der Waals surface area contributed by atoms with E-state index < -0.39 is 0 Å². The molecule has 0 aliphatic heterocycles. The van der Waals surface area contributed by atoms with E-state index in [-0.39, 0.29) is 6.17 Å². The summed E-state index contributed by atoms with van der Waals surface area (Å²) in [5, 5.41) is 3.22. The van der Waals surface area contributed by atoms with Crippen LogP contribution in [0.15, 0.2) is 10.7 Å². The van der Waals surface area contributed by atoms with Gasteiger partial charge in [0.1, 0.15) is 0 Å². The summed E-state index contributed by atoms with van der Waals surface area (Å²) in [5.74, 6) is 0. The summed E-state index contributed by atoms with van der Waals surface area (Å²) in [5.41, 5.74) is 11.3. The summed E-state index contributed by atoms with van der Waals surface area (Å²) in [4.78, 5) is 0. The fourth-order valence-corrected chi connectivity index (χ4v) is 0.481. The van der Waals surface area contributed by atoms with Crippen LogP contribution < -0.4 is 16.8 Å². The first-order valence-electron chi connectivity index (χ1n) is 2.64. The molecule has 0 saturated carbocycles. The SMILES string of the molecule is CNC(N)/C(Cl)=C(/C)N. The average molecular weight is 150 g/mol. The summed E-state index contributed by atoms with van der Waals surface area (Å²) in [6.45, 7) is 1.71. The Morgan fingerprint density at radius 1 is 1.67 bits per heavy atom. The molecule has 1 unspecified atom stereocenters. The van der Waals surface area contributed by atoms with Crippen molar-refractivity contribution >= 4 is 11.6 Å². The van der Waals surface area contributed by atoms with E-state index in [9.17, 15) is 0 Å². The molecular weight excluding hydrogens is 138 g/mol. The van der Waals surface area contributed by atoms with Gasteiger partial charge >= 0.3 is 0 Å². The number of likely N-dealkylation sites (N-methyl/N-ethyl adjacent to an activating group) is 1. The maximum atomic E-state index is 5.63. The quantitative estimate of drug-likeness (QED) is 0.482. The zero-order chi connectivity index (χ0) is 7.44. The second kappa shape index (κ2) is 3.71. The van der Waals surface area contributed by atoms with Gasteiger partial charge in [-0.2, -0.15) is 0 Å². The van der Waals surface area contributed by atoms with Crippen LogP contribution in [0.3, 0.4) is 0 Å². The minimum absolute atomic E-state index is 0.336. The average Bonchev–Trinajstić information content (AvgIpc) is 1.84. The first kappa shape index (κ1) is 8.75. The highest BCUT2D eigenvalue weighted by molar-refractivity contribution is 6.30. The molecule has 0 aromatic heterocycles. The fourth-order valence-electron chi connectivity index (χ4n) is 0.372. The molecule has 9 heavy (non-hydrogen) atoms. The van der Waals surface area contributed by atoms with Gasteiger partial charge in [-0.3, -0.25) is 0 Å². The second-order valence-electron chi connectivity index (χ2n) is 1.80. The van der Waals surface area contributed by atoms with Crippen LogP contribution in [-0.4, -0.2) is 13.2 Å². The minimum atomic E-state index is -0.336. The van der Waals surface area contributed by atoms with Gasteiger partial charge < -0.3 is 16.8 Å². The van der Waals surface area contributed by atoms with Crippen molar-refractivity contribution in [3.8, 4) is 0 Å². The summed E-state index contributed by atoms with van der Waals surface area (Å²) in [7, 11) is 1.72. The number of nitrogens with one attached hydrogen (secondary N) is 1. The molecule has 0 spiro atoms. The van der Waals surface area contributed by atoms with Crippen molar-refractivity contribution in [3.05, 3.63) is 10.7 Å². The molecule has 1 atom stereocenters. The summed E-state index contributed by atoms with van der Waals surface area (Å²) < 4.78 is 0. The predicted molar refractivity (Wildman–Crippen MR) is 39.8 cm³/mol. The first-order valence-corrected chi connectivity index (χ1v) is 3.02. The topological polar surface area (TPSA) is 64.1 Å². The van der Waals surface area contributed by atoms with Crippen LogP contribution >= 0.6 is 11.6 Å². The van der Waals surface area contributed by atoms with E-state index in [1.54, 1.807) is 14.0 Å². The Hall–Kier alpha value is -0.250. The Bertz CT molecular complexity index is 117. The Kier molecular flexibility index (Phi) is 3.61. The van der Waals surface area contributed by atoms with Gasteiger partial charge in [0, 0.05) is 5.70 Å². The third-order valence-corrected chi connectivity index (χ3v) is 1.49. The van der Waals surface area contributed by atoms with Gasteiger partial charge in [-0.05, 0) is 14.0 Å². The van der Waals surface area contributed by atoms with Gasteiger partial charge in [0.15, 0.2) is 0 Å². The Balaban J connectivity index is 4.02. The van der Waals surface area contributed by atoms with Gasteiger partial charge in [-0.25, -0.2) is 0 Å². The normalized spacial score (nSPS) is 16.9. The van der Waals surface area contributed by atoms with Crippen LogP contribution in [0, 0.1) is 0 Å². The van der Waals surface area contributed by atoms with Gasteiger partial charge in [-0.15, -0.1) is 0 Å². The molecule has 0 amide bonds. The minimum Gasteiger partial charge on any atom is -0.401 e. The molecule has 0 rings (SSSR count). The molecule has 0 aromatic carbocycles. The van der Waals surface area contributed by atoms with Crippen molar-refractivity contribution in [1.82, 2.24) is 5.32 Å². The molecule has 54 valence electrons. The van der Waals surface area contributed by atoms with E-state index in [1.165, 1.54) is 0 Å². The smallest absolute Gasteiger partial charge is 0.0933 e. The van der Waals surface area contributed by atoms with Crippen molar-refractivity contribution in [2.24, 2.45) is 11.5 Å². The summed E-state index contributed by atoms with van der Waals surface area (Å²) in [6, 6.07) is 0. The predicted octanol–water partition coefficient (Wildman–Crippen LogP) is -0.0804. The van der Waals surface area contributed by atoms with Crippen LogP contribution in [0.1, 0.15) is 6.92 Å². The van der Waals surface area contributed by atoms with E-state index in [0.717, 1.165) is 0 Å². The number of nitrogens with two attached hydrogens (primary N) is 2. The van der Waals surface area contributed by atoms with Crippen LogP contribution in [0.2, 0.25) is 0 Å². The van der Waals surface area contributed by atoms with Gasteiger partial charge in [0.25, 0.3) is 0 Å². The summed E-state index contributed by atoms with van der Waals surface area (Å²) >= 11 is 5.63. The zero-order valence-electron chi connectivity index (χ0n) is 5.61. The molecule has 0 saturated heterocycles. The van der Waals surface area contributed by atoms with Crippen LogP contribution in [-0.2, 0) is 0 Å². The van der Waals surface area contributed by atoms with Gasteiger partial charge in [0.05, 0.1) is 11.2 Å². The number of rotatable bonds is 2. The standard InChI is InChI=1S/C5H12ClN3/c1-3(7)4(6)5(8)9-2/h5,9H,7-8H2,1-2H3/b4-3+. The number of hydrogen-bond acceptors (Lipinski definition) is 3. The van der Waals surface area contributed by atoms with Crippen molar-refractivity contribution < 1.29 is 0 Å². The van der Waals surface area contributed by atoms with Crippen molar-refractivity contribution in [1.29, 1.82) is 0 Å². The van der Waals surface area contributed by atoms with E-state index in [0.29, 0.717) is 10.7 Å². The number of hydrogen-bond donors (Lipinski definition) is 3. The van der Waals surface area contributed by atoms with Crippen LogP contribution in [0.5, 0.6) is 0 Å². The molecule has 4 heteroatoms. The maximum absolute atomic E-state index is 5.63. The molecule has 0 fully saturated rings. The molecule has 0 bridgehead atoms. The highest BCUT2D eigenvalue weighted by atomic mass is 35.5. The van der Waals surface area contributed by atoms with Crippen molar-refractivity contribution in [3.63, 3.8) is 0 Å². The van der Waals surface area contributed by atoms with E-state index in [2.05, 4.69) is 5.32 Å². The lowest BCUT2D eigenvalue weighted by Crippen LogP contribution is -2.35. The molecule has 0 aromatic rings. The van der Waals surface area contributed by atoms with E-state index >= 15 is 0 Å². The Morgan fingerprint density at radius 2 is 2.11 bits per heavy atom. The highest BCUT2D eigenvalue weighted by Gasteiger charge is 2.03. The van der Waals surface area contributed by atoms with Gasteiger partial charge in [-0.1, -0.05) is 11.6 Å². The molecular formula is C5H12ClN3. The first-order chi connectivity index (χ1) is 4.09. The highest BCUT2D eigenvalue weighted by Crippen LogP contribution is 2.05. The lowest BCUT2D eigenvalue weighted by molar-refractivity contribution is 0.681. The van der Waals surface area contributed by atoms with Gasteiger partial charge in [0.2, 0.25) is 0 Å². The molecule has 0 heterocycles. The second-order valence-corrected chi connectivity index (χ2v) is 2.20. The third kappa shape index (κ3) is 2.70. The number of halogens is 1. The molecule has 0 aliphatic carbocycles. The lowest BCUT2D eigenvalue weighted by atomic mass is 10.4. The molecule has 0 radical (unpaired) electrons. The fraction of sp³-hybridized carbons (Fsp3) is 0.600. The molecule has 3 nitrogen and oxygen atoms in total. The molecule has 5 N–H and O–H groups in total. The summed E-state index contributed by atoms with van der Waals surface area (Å²) in [6.07, 6.45) is -0.336. The third-order valence-electron chi connectivity index (χ3n) is 0.961. The lowest BCUT2D eigenvalue weighted by Gasteiger charge is -2.09. The van der Waals surface area contributed by atoms with Crippen molar-refractivity contribution in [2.45, 2.75) is 13.1 Å². The zero-order valence-corrected chi connectivity index (χ0v) is 6.37. The van der Waals surface area contributed by atoms with Crippen LogP contribution in [0.25, 0.3) is 0 Å². The molecule has 0 aliphatic rings. The monoisotopic (exact) mass is 149 g/mol. The van der Waals surface area contributed by atoms with Crippen molar-refractivity contribution in [2.75, 3.05) is 7.05 Å². The Morgan fingerprint density at radius 3 is 2.22 bits per heavy atom. The maximum Gasteiger partial charge on any atom is 0.0933 e. The van der Waals surface area contributed by atoms with E-state index in [1.807, 2.05) is 0 Å². The van der Waals surface area contributed by atoms with Crippen LogP contribution in [0.4, 0.5) is 0 Å². The number of allylic oxidation sites excluding steroid dienone is 1.